The van der Waals surface area contributed by atoms with Crippen LogP contribution in [-0.2, 0) is 6.54 Å². The van der Waals surface area contributed by atoms with E-state index < -0.39 is 0 Å². The molecule has 2 unspecified atom stereocenters. The zero-order valence-electron chi connectivity index (χ0n) is 15.1. The van der Waals surface area contributed by atoms with Gasteiger partial charge in [0.05, 0.1) is 18.0 Å². The van der Waals surface area contributed by atoms with Crippen molar-refractivity contribution in [3.8, 4) is 5.75 Å². The van der Waals surface area contributed by atoms with Crippen molar-refractivity contribution in [1.29, 1.82) is 0 Å². The maximum Gasteiger partial charge on any atom is 0.152 e. The highest BCUT2D eigenvalue weighted by Crippen LogP contribution is 2.37. The maximum absolute atomic E-state index is 14.6. The summed E-state index contributed by atoms with van der Waals surface area (Å²) in [4.78, 5) is 5.03. The van der Waals surface area contributed by atoms with Crippen molar-refractivity contribution in [1.82, 2.24) is 19.9 Å². The van der Waals surface area contributed by atoms with Gasteiger partial charge < -0.3 is 10.1 Å². The van der Waals surface area contributed by atoms with Crippen LogP contribution in [-0.4, -0.2) is 21.3 Å². The van der Waals surface area contributed by atoms with Gasteiger partial charge in [0.25, 0.3) is 0 Å². The molecule has 0 amide bonds. The Morgan fingerprint density at radius 2 is 2.21 bits per heavy atom. The lowest BCUT2D eigenvalue weighted by Crippen LogP contribution is -2.12. The van der Waals surface area contributed by atoms with Gasteiger partial charge in [-0.15, -0.1) is 0 Å². The Morgan fingerprint density at radius 3 is 3.11 bits per heavy atom. The second kappa shape index (κ2) is 7.44. The summed E-state index contributed by atoms with van der Waals surface area (Å²) in [6, 6.07) is 9.46. The SMILES string of the molecule is Fc1c(Nc2cc(C3CCC(Oc4cccnc4)C3)[nH]n2)ccc2c1CNS2. The Morgan fingerprint density at radius 1 is 1.25 bits per heavy atom. The lowest BCUT2D eigenvalue weighted by Gasteiger charge is -2.13. The largest absolute Gasteiger partial charge is 0.489 e. The summed E-state index contributed by atoms with van der Waals surface area (Å²) < 4.78 is 23.8. The van der Waals surface area contributed by atoms with E-state index >= 15 is 0 Å². The van der Waals surface area contributed by atoms with E-state index in [1.807, 2.05) is 24.3 Å². The third-order valence-corrected chi connectivity index (χ3v) is 6.14. The number of pyridine rings is 1. The maximum atomic E-state index is 14.6. The number of hydrogen-bond donors (Lipinski definition) is 3. The van der Waals surface area contributed by atoms with Gasteiger partial charge in [0.1, 0.15) is 5.75 Å². The minimum absolute atomic E-state index is 0.174. The van der Waals surface area contributed by atoms with Gasteiger partial charge in [-0.05, 0) is 55.5 Å². The average molecular weight is 397 g/mol. The second-order valence-corrected chi connectivity index (χ2v) is 8.03. The molecule has 0 radical (unpaired) electrons. The van der Waals surface area contributed by atoms with Crippen molar-refractivity contribution < 1.29 is 9.13 Å². The molecule has 6 nitrogen and oxygen atoms in total. The first-order valence-corrected chi connectivity index (χ1v) is 10.2. The Hall–Kier alpha value is -2.58. The summed E-state index contributed by atoms with van der Waals surface area (Å²) in [6.07, 6.45) is 6.60. The number of nitrogens with one attached hydrogen (secondary N) is 3. The van der Waals surface area contributed by atoms with Crippen LogP contribution in [0.4, 0.5) is 15.9 Å². The van der Waals surface area contributed by atoms with Crippen molar-refractivity contribution in [2.75, 3.05) is 5.32 Å². The standard InChI is InChI=1S/C20H20FN5OS/c21-20-15-11-23-28-18(15)6-5-16(20)24-19-9-17(25-26-19)12-3-4-13(8-12)27-14-2-1-7-22-10-14/h1-2,5-7,9-10,12-13,23H,3-4,8,11H2,(H2,24,25,26). The molecule has 1 fully saturated rings. The van der Waals surface area contributed by atoms with E-state index in [0.717, 1.165) is 35.6 Å². The third-order valence-electron chi connectivity index (χ3n) is 5.25. The number of fused-ring (bicyclic) bond motifs is 1. The van der Waals surface area contributed by atoms with Crippen molar-refractivity contribution >= 4 is 23.5 Å². The van der Waals surface area contributed by atoms with Gasteiger partial charge in [-0.2, -0.15) is 5.10 Å². The van der Waals surface area contributed by atoms with Crippen LogP contribution in [0.3, 0.4) is 0 Å². The summed E-state index contributed by atoms with van der Waals surface area (Å²) in [5.41, 5.74) is 2.21. The van der Waals surface area contributed by atoms with Gasteiger partial charge in [-0.3, -0.25) is 14.8 Å². The molecule has 144 valence electrons. The molecule has 0 saturated heterocycles. The van der Waals surface area contributed by atoms with Crippen molar-refractivity contribution in [2.45, 2.75) is 42.7 Å². The van der Waals surface area contributed by atoms with Crippen molar-refractivity contribution in [2.24, 2.45) is 0 Å². The molecule has 5 rings (SSSR count). The lowest BCUT2D eigenvalue weighted by molar-refractivity contribution is 0.207. The van der Waals surface area contributed by atoms with Gasteiger partial charge in [0, 0.05) is 40.9 Å². The molecule has 28 heavy (non-hydrogen) atoms. The molecular formula is C20H20FN5OS. The predicted molar refractivity (Wildman–Crippen MR) is 106 cm³/mol. The van der Waals surface area contributed by atoms with E-state index in [2.05, 4.69) is 25.2 Å². The van der Waals surface area contributed by atoms with E-state index in [-0.39, 0.29) is 11.9 Å². The molecule has 1 aliphatic heterocycles. The number of aromatic amines is 1. The van der Waals surface area contributed by atoms with Gasteiger partial charge in [-0.1, -0.05) is 0 Å². The van der Waals surface area contributed by atoms with Crippen LogP contribution in [0, 0.1) is 5.82 Å². The first-order chi connectivity index (χ1) is 13.8. The Labute approximate surface area is 166 Å². The van der Waals surface area contributed by atoms with Gasteiger partial charge >= 0.3 is 0 Å². The molecule has 1 saturated carbocycles. The molecule has 2 atom stereocenters. The van der Waals surface area contributed by atoms with Crippen molar-refractivity contribution in [3.05, 3.63) is 59.8 Å². The number of halogens is 1. The van der Waals surface area contributed by atoms with E-state index in [9.17, 15) is 4.39 Å². The van der Waals surface area contributed by atoms with Gasteiger partial charge in [0.15, 0.2) is 11.6 Å². The first kappa shape index (κ1) is 17.5. The van der Waals surface area contributed by atoms with Crippen LogP contribution in [0.25, 0.3) is 0 Å². The van der Waals surface area contributed by atoms with E-state index in [4.69, 9.17) is 4.74 Å². The van der Waals surface area contributed by atoms with Crippen LogP contribution in [0.15, 0.2) is 47.6 Å². The number of anilines is 2. The fourth-order valence-electron chi connectivity index (χ4n) is 3.83. The van der Waals surface area contributed by atoms with Crippen LogP contribution in [0.2, 0.25) is 0 Å². The molecule has 1 aromatic carbocycles. The summed E-state index contributed by atoms with van der Waals surface area (Å²) in [7, 11) is 0. The first-order valence-electron chi connectivity index (χ1n) is 9.36. The third kappa shape index (κ3) is 3.45. The molecule has 0 bridgehead atoms. The Balaban J connectivity index is 1.25. The molecule has 3 aromatic rings. The highest BCUT2D eigenvalue weighted by molar-refractivity contribution is 7.97. The minimum atomic E-state index is -0.217. The number of benzene rings is 1. The summed E-state index contributed by atoms with van der Waals surface area (Å²) in [5, 5.41) is 10.5. The molecule has 3 N–H and O–H groups in total. The fourth-order valence-corrected chi connectivity index (χ4v) is 4.63. The zero-order valence-corrected chi connectivity index (χ0v) is 15.9. The molecule has 2 aromatic heterocycles. The Kier molecular flexibility index (Phi) is 4.66. The molecule has 2 aliphatic rings. The van der Waals surface area contributed by atoms with Gasteiger partial charge in [-0.25, -0.2) is 4.39 Å². The number of ether oxygens (including phenoxy) is 1. The quantitative estimate of drug-likeness (QED) is 0.550. The fraction of sp³-hybridized carbons (Fsp3) is 0.300. The monoisotopic (exact) mass is 397 g/mol. The highest BCUT2D eigenvalue weighted by Gasteiger charge is 2.29. The van der Waals surface area contributed by atoms with E-state index in [1.54, 1.807) is 18.5 Å². The van der Waals surface area contributed by atoms with E-state index in [1.165, 1.54) is 11.9 Å². The summed E-state index contributed by atoms with van der Waals surface area (Å²) in [5.74, 6) is 1.57. The van der Waals surface area contributed by atoms with Crippen LogP contribution in [0.1, 0.15) is 36.4 Å². The average Bonchev–Trinajstić information content (AvgIpc) is 3.45. The summed E-state index contributed by atoms with van der Waals surface area (Å²) in [6.45, 7) is 0.535. The molecule has 8 heteroatoms. The van der Waals surface area contributed by atoms with Crippen LogP contribution < -0.4 is 14.8 Å². The molecule has 3 heterocycles. The Bertz CT molecular complexity index is 980. The van der Waals surface area contributed by atoms with Gasteiger partial charge in [0.2, 0.25) is 0 Å². The molecular weight excluding hydrogens is 377 g/mol. The van der Waals surface area contributed by atoms with E-state index in [0.29, 0.717) is 29.5 Å². The van der Waals surface area contributed by atoms with Crippen molar-refractivity contribution in [3.63, 3.8) is 0 Å². The van der Waals surface area contributed by atoms with Crippen LogP contribution >= 0.6 is 11.9 Å². The number of H-pyrrole nitrogens is 1. The number of nitrogens with zero attached hydrogens (tertiary/aromatic N) is 2. The second-order valence-electron chi connectivity index (χ2n) is 7.10. The normalized spacial score (nSPS) is 20.9. The van der Waals surface area contributed by atoms with Crippen LogP contribution in [0.5, 0.6) is 5.75 Å². The zero-order chi connectivity index (χ0) is 18.9. The predicted octanol–water partition coefficient (Wildman–Crippen LogP) is 4.51. The lowest BCUT2D eigenvalue weighted by atomic mass is 10.0. The molecule has 1 aliphatic carbocycles. The summed E-state index contributed by atoms with van der Waals surface area (Å²) >= 11 is 1.46. The topological polar surface area (TPSA) is 74.9 Å². The highest BCUT2D eigenvalue weighted by atomic mass is 32.2. The number of hydrogen-bond acceptors (Lipinski definition) is 6. The molecule has 0 spiro atoms. The number of rotatable bonds is 5. The smallest absolute Gasteiger partial charge is 0.152 e. The number of aromatic nitrogens is 3. The minimum Gasteiger partial charge on any atom is -0.489 e.